The molecular formula is C25H25N3O3S2. The zero-order valence-corrected chi connectivity index (χ0v) is 20.5. The first-order chi connectivity index (χ1) is 16.0. The molecule has 0 unspecified atom stereocenters. The molecule has 5 rings (SSSR count). The summed E-state index contributed by atoms with van der Waals surface area (Å²) in [7, 11) is 1.66. The molecule has 2 aromatic carbocycles. The lowest BCUT2D eigenvalue weighted by molar-refractivity contribution is -0.144. The van der Waals surface area contributed by atoms with Crippen molar-refractivity contribution < 1.29 is 14.3 Å². The molecule has 1 aliphatic rings. The number of ether oxygens (including phenoxy) is 2. The average Bonchev–Trinajstić information content (AvgIpc) is 3.37. The molecule has 170 valence electrons. The highest BCUT2D eigenvalue weighted by atomic mass is 32.2. The number of benzene rings is 2. The second kappa shape index (κ2) is 9.19. The molecule has 3 heterocycles. The van der Waals surface area contributed by atoms with Gasteiger partial charge in [0.2, 0.25) is 0 Å². The molecule has 0 atom stereocenters. The molecule has 0 radical (unpaired) electrons. The van der Waals surface area contributed by atoms with E-state index in [-0.39, 0.29) is 19.0 Å². The number of carbonyl (C=O) groups is 1. The Bertz CT molecular complexity index is 1340. The predicted octanol–water partition coefficient (Wildman–Crippen LogP) is 5.32. The summed E-state index contributed by atoms with van der Waals surface area (Å²) in [5.41, 5.74) is 5.98. The molecule has 1 aliphatic heterocycles. The average molecular weight is 480 g/mol. The van der Waals surface area contributed by atoms with Crippen LogP contribution in [0.4, 0.5) is 0 Å². The van der Waals surface area contributed by atoms with Crippen LogP contribution in [0.5, 0.6) is 5.75 Å². The number of aromatic nitrogens is 3. The van der Waals surface area contributed by atoms with Crippen molar-refractivity contribution in [2.75, 3.05) is 12.9 Å². The fourth-order valence-corrected chi connectivity index (χ4v) is 5.96. The van der Waals surface area contributed by atoms with Crippen molar-refractivity contribution in [3.63, 3.8) is 0 Å². The molecule has 33 heavy (non-hydrogen) atoms. The van der Waals surface area contributed by atoms with Crippen LogP contribution < -0.4 is 4.74 Å². The van der Waals surface area contributed by atoms with Crippen molar-refractivity contribution in [2.24, 2.45) is 0 Å². The van der Waals surface area contributed by atoms with Crippen LogP contribution in [0.2, 0.25) is 0 Å². The third-order valence-corrected chi connectivity index (χ3v) is 7.89. The van der Waals surface area contributed by atoms with Crippen molar-refractivity contribution >= 4 is 40.1 Å². The van der Waals surface area contributed by atoms with E-state index in [1.165, 1.54) is 11.3 Å². The number of aryl methyl sites for hydroxylation is 3. The molecule has 8 heteroatoms. The topological polar surface area (TPSA) is 66.2 Å². The van der Waals surface area contributed by atoms with Crippen molar-refractivity contribution in [1.29, 1.82) is 0 Å². The van der Waals surface area contributed by atoms with Gasteiger partial charge < -0.3 is 14.0 Å². The van der Waals surface area contributed by atoms with Crippen LogP contribution >= 0.6 is 23.1 Å². The molecule has 0 N–H and O–H groups in total. The maximum Gasteiger partial charge on any atom is 0.311 e. The van der Waals surface area contributed by atoms with Crippen molar-refractivity contribution in [2.45, 2.75) is 39.2 Å². The second-order valence-corrected chi connectivity index (χ2v) is 10.3. The number of nitrogens with zero attached hydrogens (tertiary/aromatic N) is 3. The largest absolute Gasteiger partial charge is 0.496 e. The van der Waals surface area contributed by atoms with E-state index < -0.39 is 0 Å². The van der Waals surface area contributed by atoms with Crippen LogP contribution in [0, 0.1) is 13.8 Å². The first-order valence-electron chi connectivity index (χ1n) is 10.8. The molecule has 2 aromatic heterocycles. The molecule has 0 aliphatic carbocycles. The van der Waals surface area contributed by atoms with Gasteiger partial charge in [0.25, 0.3) is 0 Å². The quantitative estimate of drug-likeness (QED) is 0.349. The lowest BCUT2D eigenvalue weighted by atomic mass is 10.1. The number of hydrogen-bond acceptors (Lipinski definition) is 7. The Labute approximate surface area is 201 Å². The van der Waals surface area contributed by atoms with Crippen LogP contribution in [-0.2, 0) is 34.9 Å². The first-order valence-corrected chi connectivity index (χ1v) is 12.8. The molecule has 0 spiro atoms. The fraction of sp³-hybridized carbons (Fsp3) is 0.320. The van der Waals surface area contributed by atoms with Gasteiger partial charge in [0.15, 0.2) is 0 Å². The highest BCUT2D eigenvalue weighted by molar-refractivity contribution is 7.98. The summed E-state index contributed by atoms with van der Waals surface area (Å²) in [6, 6.07) is 12.2. The smallest absolute Gasteiger partial charge is 0.311 e. The van der Waals surface area contributed by atoms with Gasteiger partial charge in [-0.1, -0.05) is 12.1 Å². The Morgan fingerprint density at radius 3 is 2.88 bits per heavy atom. The van der Waals surface area contributed by atoms with Gasteiger partial charge in [-0.25, -0.2) is 9.97 Å². The number of imidazole rings is 1. The Kier molecular flexibility index (Phi) is 6.12. The minimum atomic E-state index is -0.259. The van der Waals surface area contributed by atoms with Crippen LogP contribution in [0.1, 0.15) is 27.5 Å². The lowest BCUT2D eigenvalue weighted by Crippen LogP contribution is -2.10. The van der Waals surface area contributed by atoms with Crippen molar-refractivity contribution in [3.8, 4) is 16.3 Å². The van der Waals surface area contributed by atoms with E-state index in [2.05, 4.69) is 15.6 Å². The number of methoxy groups -OCH3 is 1. The van der Waals surface area contributed by atoms with Gasteiger partial charge in [-0.15, -0.1) is 11.3 Å². The summed E-state index contributed by atoms with van der Waals surface area (Å²) >= 11 is 3.42. The molecule has 0 saturated heterocycles. The number of rotatable bonds is 6. The van der Waals surface area contributed by atoms with Gasteiger partial charge >= 0.3 is 5.97 Å². The van der Waals surface area contributed by atoms with Gasteiger partial charge in [-0.2, -0.15) is 11.8 Å². The summed E-state index contributed by atoms with van der Waals surface area (Å²) in [6.45, 7) is 5.19. The second-order valence-electron chi connectivity index (χ2n) is 8.12. The Morgan fingerprint density at radius 2 is 2.03 bits per heavy atom. The summed E-state index contributed by atoms with van der Waals surface area (Å²) in [5.74, 6) is 3.71. The summed E-state index contributed by atoms with van der Waals surface area (Å²) in [6.07, 6.45) is 0.204. The molecule has 0 fully saturated rings. The fourth-order valence-electron chi connectivity index (χ4n) is 4.02. The number of fused-ring (bicyclic) bond motifs is 3. The van der Waals surface area contributed by atoms with Gasteiger partial charge in [0.05, 0.1) is 41.6 Å². The maximum absolute atomic E-state index is 12.6. The Hall–Kier alpha value is -2.84. The minimum absolute atomic E-state index is 0.204. The number of thioether (sulfide) groups is 1. The number of hydrogen-bond donors (Lipinski definition) is 0. The first kappa shape index (κ1) is 22.0. The van der Waals surface area contributed by atoms with Crippen molar-refractivity contribution in [3.05, 3.63) is 63.9 Å². The van der Waals surface area contributed by atoms with Crippen LogP contribution in [0.25, 0.3) is 21.6 Å². The molecule has 4 aromatic rings. The third-order valence-electron chi connectivity index (χ3n) is 5.77. The maximum atomic E-state index is 12.6. The summed E-state index contributed by atoms with van der Waals surface area (Å²) in [4.78, 5) is 22.9. The Balaban J connectivity index is 1.26. The van der Waals surface area contributed by atoms with E-state index in [4.69, 9.17) is 14.5 Å². The molecular weight excluding hydrogens is 454 g/mol. The van der Waals surface area contributed by atoms with Crippen LogP contribution in [0.3, 0.4) is 0 Å². The summed E-state index contributed by atoms with van der Waals surface area (Å²) < 4.78 is 13.4. The van der Waals surface area contributed by atoms with Gasteiger partial charge in [0, 0.05) is 17.2 Å². The lowest BCUT2D eigenvalue weighted by Gasteiger charge is -2.13. The van der Waals surface area contributed by atoms with Crippen LogP contribution in [0.15, 0.2) is 36.4 Å². The van der Waals surface area contributed by atoms with E-state index in [0.29, 0.717) is 0 Å². The molecule has 0 amide bonds. The van der Waals surface area contributed by atoms with Crippen molar-refractivity contribution in [1.82, 2.24) is 14.5 Å². The molecule has 0 saturated carbocycles. The predicted molar refractivity (Wildman–Crippen MR) is 133 cm³/mol. The van der Waals surface area contributed by atoms with Gasteiger partial charge in [0.1, 0.15) is 23.2 Å². The molecule has 6 nitrogen and oxygen atoms in total. The van der Waals surface area contributed by atoms with E-state index >= 15 is 0 Å². The zero-order valence-electron chi connectivity index (χ0n) is 18.9. The van der Waals surface area contributed by atoms with E-state index in [9.17, 15) is 4.79 Å². The monoisotopic (exact) mass is 479 g/mol. The van der Waals surface area contributed by atoms with E-state index in [1.807, 2.05) is 55.9 Å². The van der Waals surface area contributed by atoms with Gasteiger partial charge in [-0.05, 0) is 49.2 Å². The van der Waals surface area contributed by atoms with Crippen LogP contribution in [-0.4, -0.2) is 33.4 Å². The number of esters is 1. The third kappa shape index (κ3) is 4.50. The van der Waals surface area contributed by atoms with Gasteiger partial charge in [-0.3, -0.25) is 4.79 Å². The normalized spacial score (nSPS) is 13.2. The highest BCUT2D eigenvalue weighted by Crippen LogP contribution is 2.35. The SMILES string of the molecule is COc1cc(C)ccc1-c1nc(C)c(CC(=O)OCc2ccc3c(c2)nc2n3CCSC2)s1. The number of thiazole rings is 1. The van der Waals surface area contributed by atoms with E-state index in [0.717, 1.165) is 72.9 Å². The molecule has 0 bridgehead atoms. The number of carbonyl (C=O) groups excluding carboxylic acids is 1. The summed E-state index contributed by atoms with van der Waals surface area (Å²) in [5, 5.41) is 0.847. The minimum Gasteiger partial charge on any atom is -0.496 e. The standard InChI is InChI=1S/C25H25N3O3S2/c1-15-4-6-18(21(10-15)30-3)25-26-16(2)22(33-25)12-24(29)31-13-17-5-7-20-19(11-17)27-23-14-32-9-8-28(20)23/h4-7,10-11H,8-9,12-14H2,1-3H3. The highest BCUT2D eigenvalue weighted by Gasteiger charge is 2.18. The Morgan fingerprint density at radius 1 is 1.15 bits per heavy atom. The van der Waals surface area contributed by atoms with E-state index in [1.54, 1.807) is 7.11 Å². The zero-order chi connectivity index (χ0) is 22.9.